The molecule has 6 nitrogen and oxygen atoms in total. The molecule has 0 bridgehead atoms. The van der Waals surface area contributed by atoms with Crippen LogP contribution in [0.1, 0.15) is 36.7 Å². The number of fused-ring (bicyclic) bond motifs is 1. The zero-order valence-electron chi connectivity index (χ0n) is 19.9. The molecule has 182 valence electrons. The number of carbonyl (C=O) groups is 2. The van der Waals surface area contributed by atoms with E-state index in [1.54, 1.807) is 22.8 Å². The highest BCUT2D eigenvalue weighted by Gasteiger charge is 2.30. The molecule has 35 heavy (non-hydrogen) atoms. The van der Waals surface area contributed by atoms with Gasteiger partial charge in [0.05, 0.1) is 16.5 Å². The molecule has 1 aliphatic rings. The van der Waals surface area contributed by atoms with Crippen molar-refractivity contribution >= 4 is 34.4 Å². The number of allylic oxidation sites excluding steroid dienone is 1. The molecule has 0 aliphatic carbocycles. The summed E-state index contributed by atoms with van der Waals surface area (Å²) in [6.07, 6.45) is 4.21. The van der Waals surface area contributed by atoms with Crippen molar-refractivity contribution in [3.05, 3.63) is 81.7 Å². The number of aromatic nitrogens is 1. The van der Waals surface area contributed by atoms with Gasteiger partial charge in [-0.15, -0.1) is 0 Å². The van der Waals surface area contributed by atoms with E-state index in [2.05, 4.69) is 0 Å². The molecule has 1 amide bonds. The number of pyridine rings is 1. The number of carbonyl (C=O) groups excluding carboxylic acids is 2. The Kier molecular flexibility index (Phi) is 6.82. The standard InChI is InChI=1S/C27H27F2N3O3/c1-4-30-16-21(23(34)11-10-19-8-6-5-7-9-19)27(35)20-14-22(28)26(24(29)25(20)30)31-12-13-32(18(3)33)17(2)15-31/h5-11,14,16-17H,4,12-13,15H2,1-3H3. The van der Waals surface area contributed by atoms with Crippen LogP contribution in [0.3, 0.4) is 0 Å². The van der Waals surface area contributed by atoms with Crippen molar-refractivity contribution in [2.75, 3.05) is 24.5 Å². The first-order chi connectivity index (χ1) is 16.7. The first kappa shape index (κ1) is 24.3. The largest absolute Gasteiger partial charge is 0.363 e. The lowest BCUT2D eigenvalue weighted by atomic mass is 10.0. The predicted octanol–water partition coefficient (Wildman–Crippen LogP) is 4.25. The van der Waals surface area contributed by atoms with Crippen LogP contribution in [0.15, 0.2) is 53.5 Å². The third-order valence-corrected chi connectivity index (χ3v) is 6.41. The smallest absolute Gasteiger partial charge is 0.219 e. The number of amides is 1. The molecule has 1 saturated heterocycles. The molecular formula is C27H27F2N3O3. The molecule has 8 heteroatoms. The molecule has 0 saturated carbocycles. The van der Waals surface area contributed by atoms with Gasteiger partial charge in [-0.3, -0.25) is 14.4 Å². The van der Waals surface area contributed by atoms with Crippen LogP contribution in [0.5, 0.6) is 0 Å². The van der Waals surface area contributed by atoms with E-state index in [1.807, 2.05) is 37.3 Å². The molecule has 3 aromatic rings. The first-order valence-electron chi connectivity index (χ1n) is 11.6. The lowest BCUT2D eigenvalue weighted by Crippen LogP contribution is -2.54. The van der Waals surface area contributed by atoms with Crippen molar-refractivity contribution in [3.63, 3.8) is 0 Å². The van der Waals surface area contributed by atoms with Gasteiger partial charge in [0.15, 0.2) is 11.6 Å². The lowest BCUT2D eigenvalue weighted by molar-refractivity contribution is -0.131. The normalized spacial score (nSPS) is 16.3. The number of aryl methyl sites for hydroxylation is 1. The van der Waals surface area contributed by atoms with E-state index in [9.17, 15) is 14.4 Å². The summed E-state index contributed by atoms with van der Waals surface area (Å²) in [4.78, 5) is 41.0. The van der Waals surface area contributed by atoms with Crippen LogP contribution in [0, 0.1) is 11.6 Å². The van der Waals surface area contributed by atoms with Gasteiger partial charge in [-0.1, -0.05) is 36.4 Å². The van der Waals surface area contributed by atoms with Crippen molar-refractivity contribution in [3.8, 4) is 0 Å². The van der Waals surface area contributed by atoms with Crippen LogP contribution in [0.4, 0.5) is 14.5 Å². The molecule has 1 aromatic heterocycles. The molecule has 0 spiro atoms. The second-order valence-electron chi connectivity index (χ2n) is 8.69. The van der Waals surface area contributed by atoms with Gasteiger partial charge < -0.3 is 14.4 Å². The van der Waals surface area contributed by atoms with Crippen LogP contribution >= 0.6 is 0 Å². The molecule has 1 aliphatic heterocycles. The quantitative estimate of drug-likeness (QED) is 0.406. The Morgan fingerprint density at radius 1 is 1.14 bits per heavy atom. The molecule has 1 unspecified atom stereocenters. The minimum atomic E-state index is -0.873. The van der Waals surface area contributed by atoms with E-state index in [-0.39, 0.29) is 53.7 Å². The summed E-state index contributed by atoms with van der Waals surface area (Å²) in [6, 6.07) is 9.93. The SMILES string of the molecule is CCn1cc(C(=O)C=Cc2ccccc2)c(=O)c2cc(F)c(N3CCN(C(C)=O)C(C)C3)c(F)c21. The van der Waals surface area contributed by atoms with Crippen molar-refractivity contribution in [1.82, 2.24) is 9.47 Å². The molecular weight excluding hydrogens is 452 g/mol. The fraction of sp³-hybridized carbons (Fsp3) is 0.296. The summed E-state index contributed by atoms with van der Waals surface area (Å²) in [5.41, 5.74) is -0.345. The molecule has 1 fully saturated rings. The van der Waals surface area contributed by atoms with E-state index in [4.69, 9.17) is 0 Å². The van der Waals surface area contributed by atoms with E-state index in [1.165, 1.54) is 23.8 Å². The Bertz CT molecular complexity index is 1380. The van der Waals surface area contributed by atoms with Gasteiger partial charge in [0, 0.05) is 45.3 Å². The first-order valence-corrected chi connectivity index (χ1v) is 11.6. The van der Waals surface area contributed by atoms with Gasteiger partial charge in [0.25, 0.3) is 0 Å². The Balaban J connectivity index is 1.77. The van der Waals surface area contributed by atoms with Crippen molar-refractivity contribution in [2.45, 2.75) is 33.4 Å². The van der Waals surface area contributed by atoms with Gasteiger partial charge in [-0.25, -0.2) is 8.78 Å². The second-order valence-corrected chi connectivity index (χ2v) is 8.69. The summed E-state index contributed by atoms with van der Waals surface area (Å²) in [5.74, 6) is -2.35. The van der Waals surface area contributed by atoms with Crippen LogP contribution < -0.4 is 10.3 Å². The summed E-state index contributed by atoms with van der Waals surface area (Å²) < 4.78 is 32.5. The summed E-state index contributed by atoms with van der Waals surface area (Å²) in [5, 5.41) is -0.181. The third-order valence-electron chi connectivity index (χ3n) is 6.41. The van der Waals surface area contributed by atoms with Crippen molar-refractivity contribution in [2.24, 2.45) is 0 Å². The number of nitrogens with zero attached hydrogens (tertiary/aromatic N) is 3. The zero-order chi connectivity index (χ0) is 25.3. The highest BCUT2D eigenvalue weighted by Crippen LogP contribution is 2.31. The Hall–Kier alpha value is -3.81. The maximum Gasteiger partial charge on any atom is 0.219 e. The maximum absolute atomic E-state index is 15.8. The van der Waals surface area contributed by atoms with Crippen LogP contribution in [0.2, 0.25) is 0 Å². The summed E-state index contributed by atoms with van der Waals surface area (Å²) >= 11 is 0. The van der Waals surface area contributed by atoms with Crippen molar-refractivity contribution in [1.29, 1.82) is 0 Å². The van der Waals surface area contributed by atoms with Gasteiger partial charge in [-0.05, 0) is 31.6 Å². The lowest BCUT2D eigenvalue weighted by Gasteiger charge is -2.40. The molecule has 4 rings (SSSR count). The van der Waals surface area contributed by atoms with Crippen LogP contribution in [0.25, 0.3) is 17.0 Å². The number of rotatable bonds is 5. The second kappa shape index (κ2) is 9.82. The van der Waals surface area contributed by atoms with E-state index in [0.29, 0.717) is 6.54 Å². The number of halogens is 2. The zero-order valence-corrected chi connectivity index (χ0v) is 19.9. The monoisotopic (exact) mass is 479 g/mol. The van der Waals surface area contributed by atoms with Gasteiger partial charge in [0.2, 0.25) is 11.3 Å². The fourth-order valence-corrected chi connectivity index (χ4v) is 4.65. The third kappa shape index (κ3) is 4.60. The Labute approximate surface area is 202 Å². The van der Waals surface area contributed by atoms with Gasteiger partial charge in [-0.2, -0.15) is 0 Å². The predicted molar refractivity (Wildman–Crippen MR) is 133 cm³/mol. The minimum Gasteiger partial charge on any atom is -0.363 e. The minimum absolute atomic E-state index is 0.0425. The average molecular weight is 480 g/mol. The van der Waals surface area contributed by atoms with Crippen LogP contribution in [-0.4, -0.2) is 46.8 Å². The highest BCUT2D eigenvalue weighted by atomic mass is 19.1. The molecule has 0 N–H and O–H groups in total. The Morgan fingerprint density at radius 2 is 1.86 bits per heavy atom. The van der Waals surface area contributed by atoms with Gasteiger partial charge in [0.1, 0.15) is 11.5 Å². The number of benzene rings is 2. The number of piperazine rings is 1. The Morgan fingerprint density at radius 3 is 2.49 bits per heavy atom. The molecule has 2 aromatic carbocycles. The van der Waals surface area contributed by atoms with E-state index >= 15 is 8.78 Å². The van der Waals surface area contributed by atoms with Crippen LogP contribution in [-0.2, 0) is 11.3 Å². The number of ketones is 1. The fourth-order valence-electron chi connectivity index (χ4n) is 4.65. The maximum atomic E-state index is 15.8. The summed E-state index contributed by atoms with van der Waals surface area (Å²) in [6.45, 7) is 6.19. The number of anilines is 1. The average Bonchev–Trinajstić information content (AvgIpc) is 2.83. The number of hydrogen-bond acceptors (Lipinski definition) is 4. The topological polar surface area (TPSA) is 62.6 Å². The molecule has 2 heterocycles. The van der Waals surface area contributed by atoms with Gasteiger partial charge >= 0.3 is 0 Å². The molecule has 1 atom stereocenters. The summed E-state index contributed by atoms with van der Waals surface area (Å²) in [7, 11) is 0. The van der Waals surface area contributed by atoms with E-state index in [0.717, 1.165) is 11.6 Å². The molecule has 0 radical (unpaired) electrons. The number of hydrogen-bond donors (Lipinski definition) is 0. The van der Waals surface area contributed by atoms with Crippen molar-refractivity contribution < 1.29 is 18.4 Å². The van der Waals surface area contributed by atoms with E-state index < -0.39 is 22.8 Å². The highest BCUT2D eigenvalue weighted by molar-refractivity contribution is 6.08.